The number of nitrogens with zero attached hydrogens (tertiary/aromatic N) is 1. The van der Waals surface area contributed by atoms with Crippen molar-refractivity contribution in [3.63, 3.8) is 0 Å². The van der Waals surface area contributed by atoms with Gasteiger partial charge in [0.2, 0.25) is 0 Å². The zero-order chi connectivity index (χ0) is 14.8. The summed E-state index contributed by atoms with van der Waals surface area (Å²) in [5, 5.41) is 6.12. The van der Waals surface area contributed by atoms with Gasteiger partial charge in [-0.25, -0.2) is 0 Å². The largest absolute Gasteiger partial charge is 0.496 e. The number of nitrogens with one attached hydrogen (secondary N) is 1. The van der Waals surface area contributed by atoms with E-state index in [4.69, 9.17) is 4.74 Å². The molecule has 1 heterocycles. The quantitative estimate of drug-likeness (QED) is 0.937. The van der Waals surface area contributed by atoms with Gasteiger partial charge in [-0.2, -0.15) is 0 Å². The van der Waals surface area contributed by atoms with Crippen LogP contribution in [0.2, 0.25) is 0 Å². The first-order valence-electron chi connectivity index (χ1n) is 7.71. The second kappa shape index (κ2) is 6.04. The first kappa shape index (κ1) is 14.4. The SMILES string of the molecule is COc1ccc2ccccc2c1CN1CC(C)NCC1C. The summed E-state index contributed by atoms with van der Waals surface area (Å²) in [6.07, 6.45) is 0. The summed E-state index contributed by atoms with van der Waals surface area (Å²) in [4.78, 5) is 2.55. The van der Waals surface area contributed by atoms with Crippen molar-refractivity contribution in [1.29, 1.82) is 0 Å². The zero-order valence-electron chi connectivity index (χ0n) is 13.1. The van der Waals surface area contributed by atoms with Crippen molar-refractivity contribution in [2.75, 3.05) is 20.2 Å². The Morgan fingerprint density at radius 1 is 1.19 bits per heavy atom. The van der Waals surface area contributed by atoms with Gasteiger partial charge in [-0.3, -0.25) is 4.90 Å². The van der Waals surface area contributed by atoms with E-state index in [-0.39, 0.29) is 0 Å². The molecule has 0 amide bonds. The Morgan fingerprint density at radius 3 is 2.81 bits per heavy atom. The zero-order valence-corrected chi connectivity index (χ0v) is 13.1. The predicted octanol–water partition coefficient (Wildman–Crippen LogP) is 3.03. The third-order valence-corrected chi connectivity index (χ3v) is 4.47. The molecule has 2 aromatic carbocycles. The summed E-state index contributed by atoms with van der Waals surface area (Å²) in [6.45, 7) is 7.61. The molecule has 0 radical (unpaired) electrons. The van der Waals surface area contributed by atoms with E-state index in [2.05, 4.69) is 60.5 Å². The minimum absolute atomic E-state index is 0.544. The van der Waals surface area contributed by atoms with Gasteiger partial charge >= 0.3 is 0 Å². The van der Waals surface area contributed by atoms with Crippen LogP contribution in [0.25, 0.3) is 10.8 Å². The van der Waals surface area contributed by atoms with Crippen molar-refractivity contribution in [2.24, 2.45) is 0 Å². The summed E-state index contributed by atoms with van der Waals surface area (Å²) in [5.41, 5.74) is 1.30. The molecular weight excluding hydrogens is 260 g/mol. The molecule has 1 aliphatic rings. The highest BCUT2D eigenvalue weighted by Crippen LogP contribution is 2.30. The van der Waals surface area contributed by atoms with Crippen LogP contribution in [0.3, 0.4) is 0 Å². The van der Waals surface area contributed by atoms with Gasteiger partial charge < -0.3 is 10.1 Å². The van der Waals surface area contributed by atoms with Gasteiger partial charge in [-0.15, -0.1) is 0 Å². The van der Waals surface area contributed by atoms with Crippen molar-refractivity contribution >= 4 is 10.8 Å². The maximum Gasteiger partial charge on any atom is 0.123 e. The lowest BCUT2D eigenvalue weighted by molar-refractivity contribution is 0.138. The normalized spacial score (nSPS) is 23.4. The number of methoxy groups -OCH3 is 1. The Bertz CT molecular complexity index is 626. The highest BCUT2D eigenvalue weighted by atomic mass is 16.5. The molecule has 2 aromatic rings. The minimum atomic E-state index is 0.544. The Hall–Kier alpha value is -1.58. The third kappa shape index (κ3) is 2.89. The monoisotopic (exact) mass is 284 g/mol. The van der Waals surface area contributed by atoms with Crippen molar-refractivity contribution in [3.8, 4) is 5.75 Å². The van der Waals surface area contributed by atoms with Crippen LogP contribution in [0.5, 0.6) is 5.75 Å². The van der Waals surface area contributed by atoms with E-state index in [1.807, 2.05) is 0 Å². The van der Waals surface area contributed by atoms with E-state index in [1.165, 1.54) is 16.3 Å². The first-order valence-corrected chi connectivity index (χ1v) is 7.71. The van der Waals surface area contributed by atoms with E-state index in [0.29, 0.717) is 12.1 Å². The molecule has 112 valence electrons. The van der Waals surface area contributed by atoms with Gasteiger partial charge in [-0.1, -0.05) is 30.3 Å². The molecule has 2 atom stereocenters. The van der Waals surface area contributed by atoms with Crippen molar-refractivity contribution in [1.82, 2.24) is 10.2 Å². The average molecular weight is 284 g/mol. The van der Waals surface area contributed by atoms with Crippen LogP contribution in [0.4, 0.5) is 0 Å². The van der Waals surface area contributed by atoms with Crippen LogP contribution in [-0.4, -0.2) is 37.2 Å². The molecule has 3 heteroatoms. The second-order valence-corrected chi connectivity index (χ2v) is 6.06. The Labute approximate surface area is 126 Å². The van der Waals surface area contributed by atoms with Gasteiger partial charge in [0.25, 0.3) is 0 Å². The molecule has 0 spiro atoms. The molecular formula is C18H24N2O. The molecule has 0 aromatic heterocycles. The van der Waals surface area contributed by atoms with Crippen LogP contribution in [0, 0.1) is 0 Å². The molecule has 0 aliphatic carbocycles. The summed E-state index contributed by atoms with van der Waals surface area (Å²) in [6, 6.07) is 13.9. The van der Waals surface area contributed by atoms with Gasteiger partial charge in [0.1, 0.15) is 5.75 Å². The summed E-state index contributed by atoms with van der Waals surface area (Å²) in [7, 11) is 1.76. The molecule has 1 aliphatic heterocycles. The Morgan fingerprint density at radius 2 is 2.00 bits per heavy atom. The lowest BCUT2D eigenvalue weighted by Gasteiger charge is -2.38. The fraction of sp³-hybridized carbons (Fsp3) is 0.444. The summed E-state index contributed by atoms with van der Waals surface area (Å²) < 4.78 is 5.61. The van der Waals surface area contributed by atoms with Crippen LogP contribution < -0.4 is 10.1 Å². The third-order valence-electron chi connectivity index (χ3n) is 4.47. The van der Waals surface area contributed by atoms with Crippen molar-refractivity contribution in [3.05, 3.63) is 42.0 Å². The molecule has 0 bridgehead atoms. The molecule has 1 fully saturated rings. The van der Waals surface area contributed by atoms with Gasteiger partial charge in [0.15, 0.2) is 0 Å². The molecule has 1 saturated heterocycles. The second-order valence-electron chi connectivity index (χ2n) is 6.06. The summed E-state index contributed by atoms with van der Waals surface area (Å²) in [5.74, 6) is 0.993. The lowest BCUT2D eigenvalue weighted by Crippen LogP contribution is -2.53. The van der Waals surface area contributed by atoms with Crippen LogP contribution >= 0.6 is 0 Å². The number of fused-ring (bicyclic) bond motifs is 1. The van der Waals surface area contributed by atoms with Crippen LogP contribution in [0.15, 0.2) is 36.4 Å². The standard InChI is InChI=1S/C18H24N2O/c1-13-11-20(14(2)10-19-13)12-17-16-7-5-4-6-15(16)8-9-18(17)21-3/h4-9,13-14,19H,10-12H2,1-3H3. The van der Waals surface area contributed by atoms with Crippen molar-refractivity contribution < 1.29 is 4.74 Å². The van der Waals surface area contributed by atoms with E-state index in [0.717, 1.165) is 25.4 Å². The molecule has 1 N–H and O–H groups in total. The topological polar surface area (TPSA) is 24.5 Å². The predicted molar refractivity (Wildman–Crippen MR) is 87.8 cm³/mol. The highest BCUT2D eigenvalue weighted by Gasteiger charge is 2.23. The van der Waals surface area contributed by atoms with Gasteiger partial charge in [-0.05, 0) is 30.7 Å². The Balaban J connectivity index is 1.98. The van der Waals surface area contributed by atoms with E-state index < -0.39 is 0 Å². The van der Waals surface area contributed by atoms with Crippen LogP contribution in [0.1, 0.15) is 19.4 Å². The molecule has 21 heavy (non-hydrogen) atoms. The molecule has 2 unspecified atom stereocenters. The maximum atomic E-state index is 5.61. The average Bonchev–Trinajstić information content (AvgIpc) is 2.51. The Kier molecular flexibility index (Phi) is 4.13. The van der Waals surface area contributed by atoms with Gasteiger partial charge in [0.05, 0.1) is 7.11 Å². The fourth-order valence-corrected chi connectivity index (χ4v) is 3.19. The minimum Gasteiger partial charge on any atom is -0.496 e. The maximum absolute atomic E-state index is 5.61. The van der Waals surface area contributed by atoms with E-state index in [9.17, 15) is 0 Å². The summed E-state index contributed by atoms with van der Waals surface area (Å²) >= 11 is 0. The van der Waals surface area contributed by atoms with Crippen molar-refractivity contribution in [2.45, 2.75) is 32.5 Å². The number of piperazine rings is 1. The molecule has 3 rings (SSSR count). The lowest BCUT2D eigenvalue weighted by atomic mass is 10.0. The number of ether oxygens (including phenoxy) is 1. The van der Waals surface area contributed by atoms with E-state index in [1.54, 1.807) is 7.11 Å². The number of hydrogen-bond acceptors (Lipinski definition) is 3. The molecule has 0 saturated carbocycles. The number of rotatable bonds is 3. The fourth-order valence-electron chi connectivity index (χ4n) is 3.19. The van der Waals surface area contributed by atoms with E-state index >= 15 is 0 Å². The highest BCUT2D eigenvalue weighted by molar-refractivity contribution is 5.87. The number of hydrogen-bond donors (Lipinski definition) is 1. The smallest absolute Gasteiger partial charge is 0.123 e. The first-order chi connectivity index (χ1) is 10.2. The van der Waals surface area contributed by atoms with Gasteiger partial charge in [0, 0.05) is 37.3 Å². The molecule has 3 nitrogen and oxygen atoms in total. The number of benzene rings is 2. The van der Waals surface area contributed by atoms with Crippen LogP contribution in [-0.2, 0) is 6.54 Å².